The summed E-state index contributed by atoms with van der Waals surface area (Å²) < 4.78 is 29.4. The van der Waals surface area contributed by atoms with E-state index in [4.69, 9.17) is 40.1 Å². The molecule has 7 amide bonds. The number of carbonyl (C=O) groups is 9. The first-order valence-corrected chi connectivity index (χ1v) is 26.3. The average molecular weight is 1070 g/mol. The molecular formula is C51H66ClN5O16S. The van der Waals surface area contributed by atoms with Crippen molar-refractivity contribution in [1.29, 1.82) is 0 Å². The van der Waals surface area contributed by atoms with Gasteiger partial charge in [-0.15, -0.1) is 16.8 Å². The molecule has 0 radical (unpaired) electrons. The number of hydrogen-bond acceptors (Lipinski definition) is 17. The summed E-state index contributed by atoms with van der Waals surface area (Å²) in [7, 11) is 5.84. The van der Waals surface area contributed by atoms with E-state index in [0.717, 1.165) is 11.1 Å². The molecule has 2 N–H and O–H groups in total. The highest BCUT2D eigenvalue weighted by Gasteiger charge is 2.64. The molecule has 21 nitrogen and oxygen atoms in total. The number of amides is 7. The van der Waals surface area contributed by atoms with Gasteiger partial charge in [0.05, 0.1) is 36.5 Å². The molecule has 0 aromatic heterocycles. The fourth-order valence-electron chi connectivity index (χ4n) is 10.3. The standard InChI is InChI=1S/C51H66ClN5O16S/c1-27-10-9-11-37(69-8)51(67)25-35(70-49(66)53-51)28(2)45-50(4,72-45)38(24-42(61)55(6)33-21-31(20-27)22-34(68-7)44(33)52)71-47(64)29(3)54(5)39(58)18-19-74-36-23-43(62)56(46(36)63)26-30-12-14-32(15-13-30)48(65)73-57-40(59)16-17-41(57)60/h9-11,21-22,28-30,32,35-38,45,67H,12-20,23-26H2,1-8H3,(H,53,66)/b11-9-,27-10+/t28-,29+,30?,32?,35+,36?,37-,38-,45?,50+,51+/m1/s1. The number of hydrogen-bond donors (Lipinski definition) is 2. The molecular weight excluding hydrogens is 1010 g/mol. The third-order valence-electron chi connectivity index (χ3n) is 15.2. The number of ether oxygens (including phenoxy) is 5. The maximum absolute atomic E-state index is 14.4. The number of epoxide rings is 1. The molecule has 6 aliphatic rings. The molecule has 2 unspecified atom stereocenters. The molecule has 4 bridgehead atoms. The zero-order valence-corrected chi connectivity index (χ0v) is 44.5. The number of halogens is 1. The van der Waals surface area contributed by atoms with Crippen LogP contribution in [0.3, 0.4) is 0 Å². The van der Waals surface area contributed by atoms with Crippen molar-refractivity contribution in [2.24, 2.45) is 17.8 Å². The summed E-state index contributed by atoms with van der Waals surface area (Å²) in [4.78, 5) is 127. The van der Waals surface area contributed by atoms with Crippen LogP contribution in [-0.4, -0.2) is 161 Å². The van der Waals surface area contributed by atoms with Gasteiger partial charge in [-0.05, 0) is 76.5 Å². The van der Waals surface area contributed by atoms with Crippen LogP contribution in [0.2, 0.25) is 5.02 Å². The Kier molecular flexibility index (Phi) is 17.6. The van der Waals surface area contributed by atoms with Crippen LogP contribution in [0, 0.1) is 17.8 Å². The normalized spacial score (nSPS) is 32.2. The van der Waals surface area contributed by atoms with Crippen molar-refractivity contribution in [2.75, 3.05) is 45.5 Å². The van der Waals surface area contributed by atoms with Crippen LogP contribution in [-0.2, 0) is 68.6 Å². The molecule has 0 spiro atoms. The van der Waals surface area contributed by atoms with E-state index in [1.165, 1.54) is 61.7 Å². The quantitative estimate of drug-likeness (QED) is 0.160. The van der Waals surface area contributed by atoms with Gasteiger partial charge in [0.15, 0.2) is 5.72 Å². The van der Waals surface area contributed by atoms with Crippen LogP contribution >= 0.6 is 23.4 Å². The fourth-order valence-corrected chi connectivity index (χ4v) is 11.7. The number of thioether (sulfide) groups is 1. The van der Waals surface area contributed by atoms with Crippen LogP contribution in [0.15, 0.2) is 35.9 Å². The first-order chi connectivity index (χ1) is 35.0. The summed E-state index contributed by atoms with van der Waals surface area (Å²) in [6.45, 7) is 6.99. The van der Waals surface area contributed by atoms with Crippen molar-refractivity contribution in [1.82, 2.24) is 20.2 Å². The van der Waals surface area contributed by atoms with E-state index in [0.29, 0.717) is 48.6 Å². The summed E-state index contributed by atoms with van der Waals surface area (Å²) in [5.74, 6) is -4.93. The average Bonchev–Trinajstić information content (AvgIpc) is 3.87. The number of methoxy groups -OCH3 is 2. The lowest BCUT2D eigenvalue weighted by Crippen LogP contribution is -2.63. The largest absolute Gasteiger partial charge is 0.495 e. The third kappa shape index (κ3) is 12.2. The Bertz CT molecular complexity index is 2470. The number of nitrogens with one attached hydrogen (secondary N) is 1. The number of anilines is 1. The molecule has 5 fully saturated rings. The number of benzene rings is 1. The van der Waals surface area contributed by atoms with Gasteiger partial charge in [0.1, 0.15) is 40.7 Å². The minimum Gasteiger partial charge on any atom is -0.495 e. The number of esters is 1. The zero-order chi connectivity index (χ0) is 54.0. The molecule has 4 saturated heterocycles. The van der Waals surface area contributed by atoms with E-state index >= 15 is 0 Å². The third-order valence-corrected chi connectivity index (χ3v) is 16.8. The number of carbonyl (C=O) groups excluding carboxylic acids is 9. The maximum Gasteiger partial charge on any atom is 0.409 e. The molecule has 1 saturated carbocycles. The highest BCUT2D eigenvalue weighted by molar-refractivity contribution is 8.00. The van der Waals surface area contributed by atoms with Crippen molar-refractivity contribution in [2.45, 2.75) is 145 Å². The van der Waals surface area contributed by atoms with Gasteiger partial charge in [0.2, 0.25) is 23.6 Å². The van der Waals surface area contributed by atoms with Crippen molar-refractivity contribution in [3.63, 3.8) is 0 Å². The number of likely N-dealkylation sites (tertiary alicyclic amines) is 1. The van der Waals surface area contributed by atoms with Crippen molar-refractivity contribution >= 4 is 82.5 Å². The van der Waals surface area contributed by atoms with Gasteiger partial charge in [0.25, 0.3) is 11.8 Å². The van der Waals surface area contributed by atoms with Crippen LogP contribution in [0.5, 0.6) is 5.75 Å². The van der Waals surface area contributed by atoms with Crippen molar-refractivity contribution in [3.8, 4) is 5.75 Å². The van der Waals surface area contributed by atoms with Crippen LogP contribution in [0.25, 0.3) is 0 Å². The Morgan fingerprint density at radius 2 is 1.70 bits per heavy atom. The van der Waals surface area contributed by atoms with Crippen molar-refractivity contribution < 1.29 is 76.8 Å². The Labute approximate surface area is 438 Å². The topological polar surface area (TPSA) is 258 Å². The Hall–Kier alpha value is -5.55. The molecule has 1 aromatic rings. The number of imide groups is 2. The second-order valence-corrected chi connectivity index (χ2v) is 22.0. The Balaban J connectivity index is 0.986. The highest BCUT2D eigenvalue weighted by Crippen LogP contribution is 2.49. The van der Waals surface area contributed by atoms with E-state index in [2.05, 4.69) is 5.32 Å². The number of fused-ring (bicyclic) bond motifs is 5. The summed E-state index contributed by atoms with van der Waals surface area (Å²) in [5.41, 5.74) is -1.23. The van der Waals surface area contributed by atoms with E-state index in [-0.39, 0.29) is 67.2 Å². The maximum atomic E-state index is 14.4. The van der Waals surface area contributed by atoms with E-state index in [1.807, 2.05) is 13.0 Å². The molecule has 7 rings (SSSR count). The molecule has 9 atom stereocenters. The molecule has 1 aromatic carbocycles. The second kappa shape index (κ2) is 23.1. The summed E-state index contributed by atoms with van der Waals surface area (Å²) in [6.07, 6.45) is 2.04. The Morgan fingerprint density at radius 1 is 1.01 bits per heavy atom. The number of aliphatic hydroxyl groups is 1. The summed E-state index contributed by atoms with van der Waals surface area (Å²) >= 11 is 7.98. The minimum atomic E-state index is -1.89. The second-order valence-electron chi connectivity index (χ2n) is 20.3. The zero-order valence-electron chi connectivity index (χ0n) is 42.9. The van der Waals surface area contributed by atoms with E-state index in [9.17, 15) is 48.3 Å². The molecule has 404 valence electrons. The van der Waals surface area contributed by atoms with Crippen molar-refractivity contribution in [3.05, 3.63) is 46.5 Å². The molecule has 5 heterocycles. The molecule has 5 aliphatic heterocycles. The monoisotopic (exact) mass is 1070 g/mol. The van der Waals surface area contributed by atoms with E-state index in [1.54, 1.807) is 38.1 Å². The van der Waals surface area contributed by atoms with Crippen LogP contribution in [0.4, 0.5) is 10.5 Å². The lowest BCUT2D eigenvalue weighted by molar-refractivity contribution is -0.201. The lowest BCUT2D eigenvalue weighted by Gasteiger charge is -2.42. The molecule has 23 heteroatoms. The summed E-state index contributed by atoms with van der Waals surface area (Å²) in [6, 6.07) is 2.36. The lowest BCUT2D eigenvalue weighted by atomic mass is 9.82. The van der Waals surface area contributed by atoms with E-state index < -0.39 is 107 Å². The summed E-state index contributed by atoms with van der Waals surface area (Å²) in [5, 5.41) is 14.4. The van der Waals surface area contributed by atoms with Gasteiger partial charge in [-0.3, -0.25) is 39.0 Å². The van der Waals surface area contributed by atoms with Gasteiger partial charge < -0.3 is 43.4 Å². The van der Waals surface area contributed by atoms with Crippen LogP contribution in [0.1, 0.15) is 97.5 Å². The van der Waals surface area contributed by atoms with Gasteiger partial charge >= 0.3 is 18.0 Å². The van der Waals surface area contributed by atoms with Crippen LogP contribution < -0.4 is 15.0 Å². The predicted molar refractivity (Wildman–Crippen MR) is 266 cm³/mol. The van der Waals surface area contributed by atoms with Gasteiger partial charge in [-0.25, -0.2) is 14.4 Å². The fraction of sp³-hybridized carbons (Fsp3) is 0.627. The molecule has 1 aliphatic carbocycles. The minimum absolute atomic E-state index is 0.00240. The highest BCUT2D eigenvalue weighted by atomic mass is 35.5. The number of likely N-dealkylation sites (N-methyl/N-ethyl adjacent to an activating group) is 1. The van der Waals surface area contributed by atoms with Gasteiger partial charge in [0, 0.05) is 71.5 Å². The number of nitrogens with zero attached hydrogens (tertiary/aromatic N) is 4. The first kappa shape index (κ1) is 56.2. The SMILES string of the molecule is COc1cc2cc(c1Cl)N(C)C(=O)C[C@@H](OC(=O)[C@H](C)N(C)C(=O)CCSC1CC(=O)N(CC3CCC(C(=O)ON4C(=O)CCC4=O)CC3)C1=O)[C@]1(C)OC1[C@H](C)[C@@H]1C[C@@](O)(NC(=O)O1)[C@H](OC)/C=C\C=C(/C)C2. The number of hydroxylamine groups is 2. The smallest absolute Gasteiger partial charge is 0.409 e. The number of allylic oxidation sites excluding steroid dienone is 3. The first-order valence-electron chi connectivity index (χ1n) is 24.9. The van der Waals surface area contributed by atoms with Gasteiger partial charge in [-0.2, -0.15) is 0 Å². The Morgan fingerprint density at radius 3 is 2.36 bits per heavy atom. The molecule has 74 heavy (non-hydrogen) atoms. The number of rotatable bonds is 13. The number of alkyl carbamates (subject to hydrolysis) is 1. The van der Waals surface area contributed by atoms with Gasteiger partial charge in [-0.1, -0.05) is 42.3 Å². The predicted octanol–water partition coefficient (Wildman–Crippen LogP) is 4.18.